The molecule has 148 valence electrons. The van der Waals surface area contributed by atoms with E-state index in [2.05, 4.69) is 10.6 Å². The topological polar surface area (TPSA) is 125 Å². The maximum atomic E-state index is 12.5. The molecule has 2 amide bonds. The molecule has 28 heavy (non-hydrogen) atoms. The molecule has 2 aromatic rings. The molecule has 0 fully saturated rings. The van der Waals surface area contributed by atoms with Crippen molar-refractivity contribution in [2.45, 2.75) is 25.1 Å². The van der Waals surface area contributed by atoms with Crippen molar-refractivity contribution in [3.05, 3.63) is 65.7 Å². The number of phenols is 1. The van der Waals surface area contributed by atoms with Crippen LogP contribution in [0.5, 0.6) is 5.75 Å². The summed E-state index contributed by atoms with van der Waals surface area (Å²) in [6.07, 6.45) is -0.290. The van der Waals surface area contributed by atoms with Crippen LogP contribution < -0.4 is 10.6 Å². The van der Waals surface area contributed by atoms with Gasteiger partial charge in [0.05, 0.1) is 6.61 Å². The van der Waals surface area contributed by atoms with E-state index in [0.717, 1.165) is 5.56 Å². The second-order valence-corrected chi connectivity index (χ2v) is 6.06. The average molecular weight is 386 g/mol. The SMILES string of the molecule is O=C[C@H](CO)NC(=O)[C@H](Cc1ccc(O)cc1)NC(=O)OCc1ccccc1. The molecule has 0 bridgehead atoms. The van der Waals surface area contributed by atoms with Gasteiger partial charge in [0.25, 0.3) is 0 Å². The number of alkyl carbamates (subject to hydrolysis) is 1. The number of hydrogen-bond acceptors (Lipinski definition) is 6. The maximum absolute atomic E-state index is 12.5. The van der Waals surface area contributed by atoms with E-state index in [0.29, 0.717) is 11.8 Å². The summed E-state index contributed by atoms with van der Waals surface area (Å²) < 4.78 is 5.13. The minimum Gasteiger partial charge on any atom is -0.508 e. The van der Waals surface area contributed by atoms with Crippen LogP contribution in [0.1, 0.15) is 11.1 Å². The van der Waals surface area contributed by atoms with Crippen molar-refractivity contribution in [3.8, 4) is 5.75 Å². The van der Waals surface area contributed by atoms with Crippen LogP contribution in [0.3, 0.4) is 0 Å². The Hall–Kier alpha value is -3.39. The Morgan fingerprint density at radius 3 is 2.29 bits per heavy atom. The fourth-order valence-corrected chi connectivity index (χ4v) is 2.39. The minimum atomic E-state index is -1.07. The van der Waals surface area contributed by atoms with Crippen molar-refractivity contribution < 1.29 is 29.3 Å². The van der Waals surface area contributed by atoms with Crippen LogP contribution in [-0.4, -0.2) is 47.2 Å². The summed E-state index contributed by atoms with van der Waals surface area (Å²) in [6, 6.07) is 13.1. The highest BCUT2D eigenvalue weighted by Crippen LogP contribution is 2.12. The summed E-state index contributed by atoms with van der Waals surface area (Å²) in [4.78, 5) is 35.4. The summed E-state index contributed by atoms with van der Waals surface area (Å²) in [7, 11) is 0. The highest BCUT2D eigenvalue weighted by Gasteiger charge is 2.24. The molecule has 0 unspecified atom stereocenters. The lowest BCUT2D eigenvalue weighted by Crippen LogP contribution is -2.52. The van der Waals surface area contributed by atoms with Gasteiger partial charge in [-0.05, 0) is 23.3 Å². The van der Waals surface area contributed by atoms with Gasteiger partial charge in [-0.3, -0.25) is 4.79 Å². The zero-order chi connectivity index (χ0) is 20.4. The number of benzene rings is 2. The lowest BCUT2D eigenvalue weighted by Gasteiger charge is -2.20. The quantitative estimate of drug-likeness (QED) is 0.475. The smallest absolute Gasteiger partial charge is 0.408 e. The van der Waals surface area contributed by atoms with Crippen LogP contribution in [0.25, 0.3) is 0 Å². The number of phenolic OH excluding ortho intramolecular Hbond substituents is 1. The molecule has 2 atom stereocenters. The molecule has 0 aliphatic heterocycles. The van der Waals surface area contributed by atoms with Gasteiger partial charge < -0.3 is 30.4 Å². The fourth-order valence-electron chi connectivity index (χ4n) is 2.39. The second-order valence-electron chi connectivity index (χ2n) is 6.06. The van der Waals surface area contributed by atoms with E-state index in [-0.39, 0.29) is 18.8 Å². The lowest BCUT2D eigenvalue weighted by molar-refractivity contribution is -0.126. The van der Waals surface area contributed by atoms with Gasteiger partial charge in [-0.15, -0.1) is 0 Å². The van der Waals surface area contributed by atoms with Gasteiger partial charge >= 0.3 is 6.09 Å². The van der Waals surface area contributed by atoms with Crippen molar-refractivity contribution in [2.75, 3.05) is 6.61 Å². The first-order valence-corrected chi connectivity index (χ1v) is 8.63. The fraction of sp³-hybridized carbons (Fsp3) is 0.250. The third-order valence-corrected chi connectivity index (χ3v) is 3.89. The first kappa shape index (κ1) is 20.9. The standard InChI is InChI=1S/C20H22N2O6/c23-11-16(12-24)21-19(26)18(10-14-6-8-17(25)9-7-14)22-20(27)28-13-15-4-2-1-3-5-15/h1-9,11,16,18,24-25H,10,12-13H2,(H,21,26)(H,22,27)/t16-,18+/m1/s1. The molecule has 0 aromatic heterocycles. The molecule has 8 heteroatoms. The Bertz CT molecular complexity index is 779. The van der Waals surface area contributed by atoms with Crippen LogP contribution in [-0.2, 0) is 27.4 Å². The van der Waals surface area contributed by atoms with E-state index in [9.17, 15) is 19.5 Å². The molecule has 2 rings (SSSR count). The second kappa shape index (κ2) is 10.7. The van der Waals surface area contributed by atoms with Crippen LogP contribution in [0.15, 0.2) is 54.6 Å². The largest absolute Gasteiger partial charge is 0.508 e. The van der Waals surface area contributed by atoms with Gasteiger partial charge in [0.15, 0.2) is 0 Å². The van der Waals surface area contributed by atoms with Crippen molar-refractivity contribution in [1.82, 2.24) is 10.6 Å². The summed E-state index contributed by atoms with van der Waals surface area (Å²) in [5, 5.41) is 23.3. The Kier molecular flexibility index (Phi) is 7.98. The van der Waals surface area contributed by atoms with Gasteiger partial charge in [-0.1, -0.05) is 42.5 Å². The van der Waals surface area contributed by atoms with Crippen molar-refractivity contribution in [1.29, 1.82) is 0 Å². The van der Waals surface area contributed by atoms with Gasteiger partial charge in [-0.2, -0.15) is 0 Å². The van der Waals surface area contributed by atoms with Crippen molar-refractivity contribution >= 4 is 18.3 Å². The summed E-state index contributed by atoms with van der Waals surface area (Å²) in [5.41, 5.74) is 1.46. The molecule has 0 aliphatic carbocycles. The Morgan fingerprint density at radius 2 is 1.68 bits per heavy atom. The number of hydrogen-bond donors (Lipinski definition) is 4. The molecule has 0 saturated heterocycles. The van der Waals surface area contributed by atoms with Gasteiger partial charge in [-0.25, -0.2) is 4.79 Å². The van der Waals surface area contributed by atoms with E-state index in [1.807, 2.05) is 18.2 Å². The first-order valence-electron chi connectivity index (χ1n) is 8.63. The maximum Gasteiger partial charge on any atom is 0.408 e. The molecule has 0 heterocycles. The first-order chi connectivity index (χ1) is 13.5. The highest BCUT2D eigenvalue weighted by atomic mass is 16.5. The highest BCUT2D eigenvalue weighted by molar-refractivity contribution is 5.87. The zero-order valence-electron chi connectivity index (χ0n) is 15.1. The number of aliphatic hydroxyl groups excluding tert-OH is 1. The molecule has 0 spiro atoms. The van der Waals surface area contributed by atoms with E-state index < -0.39 is 30.7 Å². The van der Waals surface area contributed by atoms with Gasteiger partial charge in [0, 0.05) is 6.42 Å². The monoisotopic (exact) mass is 386 g/mol. The third kappa shape index (κ3) is 6.73. The summed E-state index contributed by atoms with van der Waals surface area (Å²) >= 11 is 0. The molecular weight excluding hydrogens is 364 g/mol. The number of carbonyl (C=O) groups excluding carboxylic acids is 3. The number of aliphatic hydroxyl groups is 1. The van der Waals surface area contributed by atoms with Gasteiger partial charge in [0.1, 0.15) is 30.7 Å². The molecule has 4 N–H and O–H groups in total. The number of aldehydes is 1. The number of aromatic hydroxyl groups is 1. The Labute approximate surface area is 162 Å². The van der Waals surface area contributed by atoms with E-state index in [1.54, 1.807) is 24.3 Å². The minimum absolute atomic E-state index is 0.0355. The lowest BCUT2D eigenvalue weighted by atomic mass is 10.0. The molecule has 0 saturated carbocycles. The van der Waals surface area contributed by atoms with Crippen LogP contribution >= 0.6 is 0 Å². The summed E-state index contributed by atoms with van der Waals surface area (Å²) in [5.74, 6) is -0.572. The zero-order valence-corrected chi connectivity index (χ0v) is 15.1. The Morgan fingerprint density at radius 1 is 1.00 bits per heavy atom. The number of amides is 2. The molecule has 2 aromatic carbocycles. The predicted molar refractivity (Wildman–Crippen MR) is 100 cm³/mol. The predicted octanol–water partition coefficient (Wildman–Crippen LogP) is 0.906. The van der Waals surface area contributed by atoms with Crippen molar-refractivity contribution in [3.63, 3.8) is 0 Å². The molecular formula is C20H22N2O6. The number of carbonyl (C=O) groups is 3. The Balaban J connectivity index is 2.03. The normalized spacial score (nSPS) is 12.5. The van der Waals surface area contributed by atoms with E-state index >= 15 is 0 Å². The molecule has 8 nitrogen and oxygen atoms in total. The van der Waals surface area contributed by atoms with E-state index in [1.165, 1.54) is 12.1 Å². The van der Waals surface area contributed by atoms with Crippen molar-refractivity contribution in [2.24, 2.45) is 0 Å². The number of ether oxygens (including phenoxy) is 1. The van der Waals surface area contributed by atoms with Gasteiger partial charge in [0.2, 0.25) is 5.91 Å². The van der Waals surface area contributed by atoms with E-state index in [4.69, 9.17) is 9.84 Å². The van der Waals surface area contributed by atoms with Crippen LogP contribution in [0, 0.1) is 0 Å². The average Bonchev–Trinajstić information content (AvgIpc) is 2.72. The number of rotatable bonds is 9. The molecule has 0 aliphatic rings. The van der Waals surface area contributed by atoms with Crippen LogP contribution in [0.2, 0.25) is 0 Å². The number of nitrogens with one attached hydrogen (secondary N) is 2. The molecule has 0 radical (unpaired) electrons. The summed E-state index contributed by atoms with van der Waals surface area (Å²) in [6.45, 7) is -0.520. The van der Waals surface area contributed by atoms with Crippen LogP contribution in [0.4, 0.5) is 4.79 Å². The third-order valence-electron chi connectivity index (χ3n) is 3.89.